The van der Waals surface area contributed by atoms with E-state index >= 15 is 0 Å². The Morgan fingerprint density at radius 2 is 2.25 bits per heavy atom. The van der Waals surface area contributed by atoms with Gasteiger partial charge in [-0.2, -0.15) is 5.10 Å². The molecule has 7 heteroatoms. The predicted molar refractivity (Wildman–Crippen MR) is 80.5 cm³/mol. The minimum Gasteiger partial charge on any atom is -0.396 e. The van der Waals surface area contributed by atoms with E-state index in [0.29, 0.717) is 0 Å². The van der Waals surface area contributed by atoms with Crippen LogP contribution in [0.15, 0.2) is 10.9 Å². The maximum Gasteiger partial charge on any atom is 0.164 e. The number of aliphatic hydroxyl groups is 1. The largest absolute Gasteiger partial charge is 0.396 e. The van der Waals surface area contributed by atoms with Crippen molar-refractivity contribution < 1.29 is 5.11 Å². The molecule has 1 aliphatic carbocycles. The van der Waals surface area contributed by atoms with Gasteiger partial charge in [0, 0.05) is 20.2 Å². The first-order valence-corrected chi connectivity index (χ1v) is 7.62. The van der Waals surface area contributed by atoms with Gasteiger partial charge < -0.3 is 10.4 Å². The Balaban J connectivity index is 1.84. The van der Waals surface area contributed by atoms with Crippen LogP contribution in [-0.2, 0) is 7.05 Å². The Bertz CT molecular complexity index is 622. The fourth-order valence-corrected chi connectivity index (χ4v) is 3.48. The lowest BCUT2D eigenvalue weighted by Crippen LogP contribution is -2.37. The van der Waals surface area contributed by atoms with Crippen molar-refractivity contribution in [2.24, 2.45) is 12.5 Å². The summed E-state index contributed by atoms with van der Waals surface area (Å²) in [5.74, 6) is 0.805. The summed E-state index contributed by atoms with van der Waals surface area (Å²) in [5, 5.41) is 17.9. The number of aromatic nitrogens is 4. The zero-order chi connectivity index (χ0) is 14.2. The van der Waals surface area contributed by atoms with E-state index in [9.17, 15) is 5.11 Å². The van der Waals surface area contributed by atoms with Gasteiger partial charge in [0.2, 0.25) is 0 Å². The summed E-state index contributed by atoms with van der Waals surface area (Å²) in [4.78, 5) is 8.59. The topological polar surface area (TPSA) is 75.9 Å². The van der Waals surface area contributed by atoms with Gasteiger partial charge in [-0.05, 0) is 40.6 Å². The Kier molecular flexibility index (Phi) is 3.64. The standard InChI is InChI=1S/C13H18BrN5O/c1-19-12-9(10(14)18-19)11(16-8-17-12)15-7-13(5-6-20)3-2-4-13/h8,20H,2-7H2,1H3,(H,15,16,17). The number of aryl methyl sites for hydroxylation is 1. The molecule has 20 heavy (non-hydrogen) atoms. The first-order valence-electron chi connectivity index (χ1n) is 6.83. The average molecular weight is 340 g/mol. The molecule has 2 heterocycles. The SMILES string of the molecule is Cn1nc(Br)c2c(NCC3(CCO)CCC3)ncnc21. The van der Waals surface area contributed by atoms with E-state index in [4.69, 9.17) is 0 Å². The Labute approximate surface area is 125 Å². The van der Waals surface area contributed by atoms with Gasteiger partial charge in [-0.15, -0.1) is 0 Å². The second-order valence-corrected chi connectivity index (χ2v) is 6.27. The molecule has 0 unspecified atom stereocenters. The Morgan fingerprint density at radius 1 is 1.45 bits per heavy atom. The average Bonchev–Trinajstić information content (AvgIpc) is 2.69. The smallest absolute Gasteiger partial charge is 0.164 e. The van der Waals surface area contributed by atoms with Gasteiger partial charge in [0.05, 0.1) is 5.39 Å². The normalized spacial score (nSPS) is 17.1. The highest BCUT2D eigenvalue weighted by Gasteiger charge is 2.36. The van der Waals surface area contributed by atoms with Crippen LogP contribution in [0.25, 0.3) is 11.0 Å². The molecule has 0 spiro atoms. The van der Waals surface area contributed by atoms with Gasteiger partial charge in [-0.3, -0.25) is 0 Å². The molecule has 2 aromatic heterocycles. The molecule has 3 rings (SSSR count). The van der Waals surface area contributed by atoms with Crippen molar-refractivity contribution in [1.29, 1.82) is 0 Å². The van der Waals surface area contributed by atoms with E-state index in [0.717, 1.165) is 34.4 Å². The van der Waals surface area contributed by atoms with Crippen LogP contribution < -0.4 is 5.32 Å². The minimum atomic E-state index is 0.223. The van der Waals surface area contributed by atoms with Gasteiger partial charge in [0.25, 0.3) is 0 Å². The maximum atomic E-state index is 9.21. The second kappa shape index (κ2) is 5.29. The van der Waals surface area contributed by atoms with Crippen molar-refractivity contribution in [3.05, 3.63) is 10.9 Å². The first kappa shape index (κ1) is 13.8. The molecule has 0 radical (unpaired) electrons. The third kappa shape index (κ3) is 2.29. The van der Waals surface area contributed by atoms with E-state index in [2.05, 4.69) is 36.3 Å². The molecule has 0 atom stereocenters. The van der Waals surface area contributed by atoms with Crippen LogP contribution in [0.3, 0.4) is 0 Å². The number of aliphatic hydroxyl groups excluding tert-OH is 1. The third-order valence-electron chi connectivity index (χ3n) is 4.27. The molecule has 2 aromatic rings. The second-order valence-electron chi connectivity index (χ2n) is 5.52. The van der Waals surface area contributed by atoms with Crippen molar-refractivity contribution in [1.82, 2.24) is 19.7 Å². The van der Waals surface area contributed by atoms with Crippen molar-refractivity contribution >= 4 is 32.8 Å². The minimum absolute atomic E-state index is 0.223. The van der Waals surface area contributed by atoms with E-state index < -0.39 is 0 Å². The van der Waals surface area contributed by atoms with E-state index in [1.54, 1.807) is 11.0 Å². The number of nitrogens with one attached hydrogen (secondary N) is 1. The van der Waals surface area contributed by atoms with Crippen LogP contribution in [-0.4, -0.2) is 38.0 Å². The molecule has 1 saturated carbocycles. The fraction of sp³-hybridized carbons (Fsp3) is 0.615. The monoisotopic (exact) mass is 339 g/mol. The number of halogens is 1. The summed E-state index contributed by atoms with van der Waals surface area (Å²) in [6, 6.07) is 0. The van der Waals surface area contributed by atoms with E-state index in [1.807, 2.05) is 7.05 Å². The Morgan fingerprint density at radius 3 is 2.90 bits per heavy atom. The number of fused-ring (bicyclic) bond motifs is 1. The van der Waals surface area contributed by atoms with Crippen LogP contribution in [0.2, 0.25) is 0 Å². The van der Waals surface area contributed by atoms with Gasteiger partial charge in [0.15, 0.2) is 5.65 Å². The van der Waals surface area contributed by atoms with E-state index in [-0.39, 0.29) is 12.0 Å². The summed E-state index contributed by atoms with van der Waals surface area (Å²) in [6.45, 7) is 1.08. The molecule has 0 bridgehead atoms. The highest BCUT2D eigenvalue weighted by Crippen LogP contribution is 2.44. The van der Waals surface area contributed by atoms with Crippen molar-refractivity contribution in [3.63, 3.8) is 0 Å². The zero-order valence-electron chi connectivity index (χ0n) is 11.4. The fourth-order valence-electron chi connectivity index (χ4n) is 2.88. The van der Waals surface area contributed by atoms with Crippen molar-refractivity contribution in [3.8, 4) is 0 Å². The van der Waals surface area contributed by atoms with Gasteiger partial charge >= 0.3 is 0 Å². The molecule has 1 fully saturated rings. The summed E-state index contributed by atoms with van der Waals surface area (Å²) in [5.41, 5.74) is 1.03. The lowest BCUT2D eigenvalue weighted by molar-refractivity contribution is 0.102. The third-order valence-corrected chi connectivity index (χ3v) is 4.82. The van der Waals surface area contributed by atoms with Gasteiger partial charge in [0.1, 0.15) is 16.7 Å². The highest BCUT2D eigenvalue weighted by molar-refractivity contribution is 9.10. The molecule has 108 valence electrons. The molecule has 6 nitrogen and oxygen atoms in total. The number of nitrogens with zero attached hydrogens (tertiary/aromatic N) is 4. The molecular weight excluding hydrogens is 322 g/mol. The molecule has 0 amide bonds. The van der Waals surface area contributed by atoms with Crippen LogP contribution in [0, 0.1) is 5.41 Å². The van der Waals surface area contributed by atoms with Crippen LogP contribution in [0.1, 0.15) is 25.7 Å². The van der Waals surface area contributed by atoms with Crippen LogP contribution in [0.4, 0.5) is 5.82 Å². The van der Waals surface area contributed by atoms with Crippen molar-refractivity contribution in [2.75, 3.05) is 18.5 Å². The summed E-state index contributed by atoms with van der Waals surface area (Å²) in [7, 11) is 1.86. The van der Waals surface area contributed by atoms with Gasteiger partial charge in [-0.25, -0.2) is 14.6 Å². The predicted octanol–water partition coefficient (Wildman–Crippen LogP) is 2.09. The summed E-state index contributed by atoms with van der Waals surface area (Å²) < 4.78 is 2.49. The molecule has 0 saturated heterocycles. The summed E-state index contributed by atoms with van der Waals surface area (Å²) >= 11 is 3.46. The highest BCUT2D eigenvalue weighted by atomic mass is 79.9. The number of rotatable bonds is 5. The molecule has 0 aromatic carbocycles. The zero-order valence-corrected chi connectivity index (χ0v) is 13.0. The number of hydrogen-bond acceptors (Lipinski definition) is 5. The lowest BCUT2D eigenvalue weighted by atomic mass is 9.67. The van der Waals surface area contributed by atoms with Gasteiger partial charge in [-0.1, -0.05) is 6.42 Å². The number of hydrogen-bond donors (Lipinski definition) is 2. The number of anilines is 1. The molecular formula is C13H18BrN5O. The molecule has 1 aliphatic rings. The Hall–Kier alpha value is -1.21. The molecule has 0 aliphatic heterocycles. The van der Waals surface area contributed by atoms with Crippen LogP contribution in [0.5, 0.6) is 0 Å². The quantitative estimate of drug-likeness (QED) is 0.872. The summed E-state index contributed by atoms with van der Waals surface area (Å²) in [6.07, 6.45) is 5.99. The lowest BCUT2D eigenvalue weighted by Gasteiger charge is -2.42. The van der Waals surface area contributed by atoms with Crippen molar-refractivity contribution in [2.45, 2.75) is 25.7 Å². The molecule has 2 N–H and O–H groups in total. The maximum absolute atomic E-state index is 9.21. The van der Waals surface area contributed by atoms with E-state index in [1.165, 1.54) is 19.3 Å². The first-order chi connectivity index (χ1) is 9.65. The van der Waals surface area contributed by atoms with Crippen LogP contribution >= 0.6 is 15.9 Å².